The third-order valence-corrected chi connectivity index (χ3v) is 2.26. The standard InChI is InChI=1S/C9H11N3O/c1-6-10-5-7-4-8(12-13)2-3-9(7)11-6/h5,13H,2-4H2,1H3/b12-8+. The van der Waals surface area contributed by atoms with Crippen LogP contribution in [0.15, 0.2) is 11.4 Å². The van der Waals surface area contributed by atoms with Gasteiger partial charge in [-0.2, -0.15) is 0 Å². The van der Waals surface area contributed by atoms with Crippen LogP contribution in [0.25, 0.3) is 0 Å². The molecule has 0 atom stereocenters. The summed E-state index contributed by atoms with van der Waals surface area (Å²) in [5, 5.41) is 11.8. The van der Waals surface area contributed by atoms with E-state index in [9.17, 15) is 0 Å². The average Bonchev–Trinajstić information content (AvgIpc) is 2.17. The van der Waals surface area contributed by atoms with Gasteiger partial charge in [0.15, 0.2) is 0 Å². The Bertz CT molecular complexity index is 360. The van der Waals surface area contributed by atoms with Gasteiger partial charge >= 0.3 is 0 Å². The summed E-state index contributed by atoms with van der Waals surface area (Å²) in [6, 6.07) is 0. The van der Waals surface area contributed by atoms with Crippen LogP contribution in [0.3, 0.4) is 0 Å². The second kappa shape index (κ2) is 3.12. The minimum Gasteiger partial charge on any atom is -0.411 e. The maximum Gasteiger partial charge on any atom is 0.125 e. The van der Waals surface area contributed by atoms with Gasteiger partial charge in [-0.05, 0) is 25.3 Å². The second-order valence-electron chi connectivity index (χ2n) is 3.23. The fraction of sp³-hybridized carbons (Fsp3) is 0.444. The predicted molar refractivity (Wildman–Crippen MR) is 48.0 cm³/mol. The number of hydrogen-bond acceptors (Lipinski definition) is 4. The van der Waals surface area contributed by atoms with Crippen molar-refractivity contribution in [3.63, 3.8) is 0 Å². The first-order chi connectivity index (χ1) is 6.29. The van der Waals surface area contributed by atoms with E-state index in [0.29, 0.717) is 6.42 Å². The third kappa shape index (κ3) is 1.52. The molecule has 4 nitrogen and oxygen atoms in total. The highest BCUT2D eigenvalue weighted by atomic mass is 16.4. The van der Waals surface area contributed by atoms with E-state index in [4.69, 9.17) is 5.21 Å². The van der Waals surface area contributed by atoms with Crippen molar-refractivity contribution in [2.75, 3.05) is 0 Å². The Morgan fingerprint density at radius 1 is 1.46 bits per heavy atom. The summed E-state index contributed by atoms with van der Waals surface area (Å²) in [6.45, 7) is 1.88. The Morgan fingerprint density at radius 3 is 3.08 bits per heavy atom. The molecular weight excluding hydrogens is 166 g/mol. The van der Waals surface area contributed by atoms with Gasteiger partial charge in [-0.1, -0.05) is 5.16 Å². The SMILES string of the molecule is Cc1ncc2c(n1)CC/C(=N\O)C2. The number of aryl methyl sites for hydroxylation is 2. The molecule has 13 heavy (non-hydrogen) atoms. The van der Waals surface area contributed by atoms with Gasteiger partial charge < -0.3 is 5.21 Å². The molecule has 0 saturated heterocycles. The van der Waals surface area contributed by atoms with E-state index in [0.717, 1.165) is 35.6 Å². The van der Waals surface area contributed by atoms with Gasteiger partial charge in [-0.15, -0.1) is 0 Å². The molecular formula is C9H11N3O. The van der Waals surface area contributed by atoms with E-state index >= 15 is 0 Å². The van der Waals surface area contributed by atoms with Gasteiger partial charge in [-0.25, -0.2) is 9.97 Å². The predicted octanol–water partition coefficient (Wildman–Crippen LogP) is 1.10. The number of oxime groups is 1. The highest BCUT2D eigenvalue weighted by Gasteiger charge is 2.15. The molecule has 0 unspecified atom stereocenters. The Kier molecular flexibility index (Phi) is 1.96. The fourth-order valence-corrected chi connectivity index (χ4v) is 1.56. The van der Waals surface area contributed by atoms with Crippen molar-refractivity contribution < 1.29 is 5.21 Å². The lowest BCUT2D eigenvalue weighted by Crippen LogP contribution is -2.16. The molecule has 1 N–H and O–H groups in total. The molecule has 0 saturated carbocycles. The van der Waals surface area contributed by atoms with E-state index in [1.54, 1.807) is 0 Å². The number of fused-ring (bicyclic) bond motifs is 1. The van der Waals surface area contributed by atoms with Crippen LogP contribution in [0.4, 0.5) is 0 Å². The second-order valence-corrected chi connectivity index (χ2v) is 3.23. The molecule has 0 radical (unpaired) electrons. The van der Waals surface area contributed by atoms with E-state index < -0.39 is 0 Å². The largest absolute Gasteiger partial charge is 0.411 e. The van der Waals surface area contributed by atoms with E-state index in [1.165, 1.54) is 0 Å². The molecule has 1 aliphatic rings. The molecule has 1 heterocycles. The lowest BCUT2D eigenvalue weighted by Gasteiger charge is -2.14. The summed E-state index contributed by atoms with van der Waals surface area (Å²) in [5.74, 6) is 0.808. The zero-order chi connectivity index (χ0) is 9.26. The average molecular weight is 177 g/mol. The zero-order valence-electron chi connectivity index (χ0n) is 7.49. The molecule has 68 valence electrons. The maximum atomic E-state index is 8.62. The molecule has 0 aliphatic heterocycles. The first-order valence-electron chi connectivity index (χ1n) is 4.31. The summed E-state index contributed by atoms with van der Waals surface area (Å²) < 4.78 is 0. The van der Waals surface area contributed by atoms with Crippen molar-refractivity contribution in [1.29, 1.82) is 0 Å². The van der Waals surface area contributed by atoms with E-state index in [-0.39, 0.29) is 0 Å². The van der Waals surface area contributed by atoms with Crippen LogP contribution in [0.5, 0.6) is 0 Å². The molecule has 1 aromatic rings. The Morgan fingerprint density at radius 2 is 2.31 bits per heavy atom. The van der Waals surface area contributed by atoms with Crippen molar-refractivity contribution in [3.8, 4) is 0 Å². The van der Waals surface area contributed by atoms with Gasteiger partial charge in [0.1, 0.15) is 5.82 Å². The van der Waals surface area contributed by atoms with Crippen molar-refractivity contribution in [1.82, 2.24) is 9.97 Å². The van der Waals surface area contributed by atoms with E-state index in [2.05, 4.69) is 15.1 Å². The Hall–Kier alpha value is -1.45. The molecule has 0 aromatic carbocycles. The van der Waals surface area contributed by atoms with Crippen molar-refractivity contribution in [3.05, 3.63) is 23.3 Å². The van der Waals surface area contributed by atoms with Crippen molar-refractivity contribution in [2.24, 2.45) is 5.16 Å². The normalized spacial score (nSPS) is 18.7. The summed E-state index contributed by atoms with van der Waals surface area (Å²) >= 11 is 0. The molecule has 4 heteroatoms. The van der Waals surface area contributed by atoms with Crippen LogP contribution in [0.2, 0.25) is 0 Å². The minimum atomic E-state index is 0.687. The van der Waals surface area contributed by atoms with Crippen LogP contribution in [0, 0.1) is 6.92 Å². The molecule has 1 aliphatic carbocycles. The highest BCUT2D eigenvalue weighted by Crippen LogP contribution is 2.16. The minimum absolute atomic E-state index is 0.687. The quantitative estimate of drug-likeness (QED) is 0.477. The molecule has 0 fully saturated rings. The maximum absolute atomic E-state index is 8.62. The molecule has 1 aromatic heterocycles. The van der Waals surface area contributed by atoms with Gasteiger partial charge in [0.25, 0.3) is 0 Å². The van der Waals surface area contributed by atoms with Crippen molar-refractivity contribution in [2.45, 2.75) is 26.2 Å². The Labute approximate surface area is 76.3 Å². The smallest absolute Gasteiger partial charge is 0.125 e. The lowest BCUT2D eigenvalue weighted by atomic mass is 9.96. The molecule has 0 spiro atoms. The molecule has 0 bridgehead atoms. The van der Waals surface area contributed by atoms with Crippen LogP contribution in [-0.4, -0.2) is 20.9 Å². The summed E-state index contributed by atoms with van der Waals surface area (Å²) in [5.41, 5.74) is 3.00. The summed E-state index contributed by atoms with van der Waals surface area (Å²) in [6.07, 6.45) is 4.17. The number of nitrogens with zero attached hydrogens (tertiary/aromatic N) is 3. The monoisotopic (exact) mass is 177 g/mol. The highest BCUT2D eigenvalue weighted by molar-refractivity contribution is 5.87. The number of hydrogen-bond donors (Lipinski definition) is 1. The first kappa shape index (κ1) is 8.16. The van der Waals surface area contributed by atoms with Crippen LogP contribution >= 0.6 is 0 Å². The fourth-order valence-electron chi connectivity index (χ4n) is 1.56. The zero-order valence-corrected chi connectivity index (χ0v) is 7.49. The number of rotatable bonds is 0. The van der Waals surface area contributed by atoms with Gasteiger partial charge in [0.2, 0.25) is 0 Å². The Balaban J connectivity index is 2.37. The van der Waals surface area contributed by atoms with Crippen LogP contribution < -0.4 is 0 Å². The lowest BCUT2D eigenvalue weighted by molar-refractivity contribution is 0.316. The third-order valence-electron chi connectivity index (χ3n) is 2.26. The van der Waals surface area contributed by atoms with Crippen LogP contribution in [-0.2, 0) is 12.8 Å². The number of aromatic nitrogens is 2. The van der Waals surface area contributed by atoms with Crippen LogP contribution in [0.1, 0.15) is 23.5 Å². The van der Waals surface area contributed by atoms with Crippen molar-refractivity contribution >= 4 is 5.71 Å². The summed E-state index contributed by atoms with van der Waals surface area (Å²) in [7, 11) is 0. The first-order valence-corrected chi connectivity index (χ1v) is 4.31. The van der Waals surface area contributed by atoms with Gasteiger partial charge in [-0.3, -0.25) is 0 Å². The topological polar surface area (TPSA) is 58.4 Å². The van der Waals surface area contributed by atoms with E-state index in [1.807, 2.05) is 13.1 Å². The molecule has 0 amide bonds. The molecule has 2 rings (SSSR count). The summed E-state index contributed by atoms with van der Waals surface area (Å²) in [4.78, 5) is 8.45. The van der Waals surface area contributed by atoms with Gasteiger partial charge in [0, 0.05) is 18.3 Å². The van der Waals surface area contributed by atoms with Gasteiger partial charge in [0.05, 0.1) is 5.71 Å².